The van der Waals surface area contributed by atoms with Crippen molar-refractivity contribution < 1.29 is 9.59 Å². The summed E-state index contributed by atoms with van der Waals surface area (Å²) in [6.07, 6.45) is 7.02. The minimum Gasteiger partial charge on any atom is -0.343 e. The summed E-state index contributed by atoms with van der Waals surface area (Å²) in [7, 11) is 0. The van der Waals surface area contributed by atoms with Crippen molar-refractivity contribution in [1.82, 2.24) is 9.80 Å². The molecule has 0 aromatic rings. The average Bonchev–Trinajstić information content (AvgIpc) is 3.21. The average molecular weight is 344 g/mol. The molecule has 3 rings (SSSR count). The van der Waals surface area contributed by atoms with Gasteiger partial charge in [0, 0.05) is 44.6 Å². The van der Waals surface area contributed by atoms with Crippen LogP contribution in [0.5, 0.6) is 0 Å². The summed E-state index contributed by atoms with van der Waals surface area (Å²) in [6, 6.07) is -0.0715. The smallest absolute Gasteiger partial charge is 0.226 e. The van der Waals surface area contributed by atoms with Gasteiger partial charge in [-0.25, -0.2) is 0 Å². The third-order valence-electron chi connectivity index (χ3n) is 5.76. The third kappa shape index (κ3) is 4.00. The van der Waals surface area contributed by atoms with Gasteiger partial charge >= 0.3 is 0 Å². The molecule has 2 unspecified atom stereocenters. The second-order valence-electron chi connectivity index (χ2n) is 7.57. The molecule has 2 aliphatic heterocycles. The van der Waals surface area contributed by atoms with Crippen molar-refractivity contribution in [1.29, 1.82) is 0 Å². The monoisotopic (exact) mass is 343 g/mol. The minimum atomic E-state index is -0.0715. The lowest BCUT2D eigenvalue weighted by molar-refractivity contribution is -0.135. The van der Waals surface area contributed by atoms with E-state index >= 15 is 0 Å². The van der Waals surface area contributed by atoms with E-state index in [4.69, 9.17) is 5.73 Å². The lowest BCUT2D eigenvalue weighted by Gasteiger charge is -2.34. The molecule has 3 fully saturated rings. The van der Waals surface area contributed by atoms with Crippen molar-refractivity contribution in [2.75, 3.05) is 26.2 Å². The number of halogens is 1. The van der Waals surface area contributed by atoms with Gasteiger partial charge in [0.2, 0.25) is 11.8 Å². The molecule has 2 N–H and O–H groups in total. The molecular weight excluding hydrogens is 314 g/mol. The molecule has 23 heavy (non-hydrogen) atoms. The van der Waals surface area contributed by atoms with Crippen LogP contribution < -0.4 is 5.73 Å². The molecule has 2 saturated heterocycles. The Labute approximate surface area is 145 Å². The fraction of sp³-hybridized carbons (Fsp3) is 0.882. The zero-order valence-corrected chi connectivity index (χ0v) is 14.9. The van der Waals surface area contributed by atoms with E-state index in [-0.39, 0.29) is 35.7 Å². The normalized spacial score (nSPS) is 27.3. The van der Waals surface area contributed by atoms with Crippen LogP contribution in [0, 0.1) is 11.3 Å². The number of piperidine rings is 2. The van der Waals surface area contributed by atoms with E-state index < -0.39 is 0 Å². The van der Waals surface area contributed by atoms with Crippen LogP contribution in [0.25, 0.3) is 0 Å². The number of hydrogen-bond acceptors (Lipinski definition) is 3. The van der Waals surface area contributed by atoms with Crippen molar-refractivity contribution in [2.45, 2.75) is 57.9 Å². The molecule has 0 aromatic carbocycles. The predicted molar refractivity (Wildman–Crippen MR) is 92.3 cm³/mol. The lowest BCUT2D eigenvalue weighted by Crippen LogP contribution is -2.43. The van der Waals surface area contributed by atoms with Gasteiger partial charge in [-0.15, -0.1) is 12.4 Å². The maximum atomic E-state index is 12.6. The molecule has 2 atom stereocenters. The zero-order valence-electron chi connectivity index (χ0n) is 14.1. The number of nitrogens with zero attached hydrogens (tertiary/aromatic N) is 2. The number of nitrogens with two attached hydrogens (primary N) is 1. The number of amides is 2. The molecule has 6 heteroatoms. The Morgan fingerprint density at radius 3 is 2.26 bits per heavy atom. The summed E-state index contributed by atoms with van der Waals surface area (Å²) >= 11 is 0. The summed E-state index contributed by atoms with van der Waals surface area (Å²) in [6.45, 7) is 5.37. The SMILES string of the molecule is CC(N)CC(=O)N1CCC2(CC1)CC2C(=O)N1CCCCC1.Cl. The molecule has 1 spiro atoms. The Hall–Kier alpha value is -0.810. The van der Waals surface area contributed by atoms with E-state index in [1.807, 2.05) is 11.8 Å². The van der Waals surface area contributed by atoms with Gasteiger partial charge in [-0.05, 0) is 50.9 Å². The van der Waals surface area contributed by atoms with Crippen LogP contribution in [0.4, 0.5) is 0 Å². The van der Waals surface area contributed by atoms with Gasteiger partial charge in [-0.2, -0.15) is 0 Å². The van der Waals surface area contributed by atoms with Crippen LogP contribution in [-0.2, 0) is 9.59 Å². The third-order valence-corrected chi connectivity index (χ3v) is 5.76. The second-order valence-corrected chi connectivity index (χ2v) is 7.57. The van der Waals surface area contributed by atoms with Gasteiger partial charge in [-0.1, -0.05) is 0 Å². The Morgan fingerprint density at radius 1 is 1.09 bits per heavy atom. The first kappa shape index (κ1) is 18.5. The second kappa shape index (κ2) is 7.39. The molecule has 1 aliphatic carbocycles. The van der Waals surface area contributed by atoms with E-state index in [1.165, 1.54) is 6.42 Å². The van der Waals surface area contributed by atoms with E-state index in [9.17, 15) is 9.59 Å². The summed E-state index contributed by atoms with van der Waals surface area (Å²) in [4.78, 5) is 28.7. The maximum absolute atomic E-state index is 12.6. The summed E-state index contributed by atoms with van der Waals surface area (Å²) in [5.74, 6) is 0.788. The Balaban J connectivity index is 0.00000192. The van der Waals surface area contributed by atoms with Gasteiger partial charge in [0.15, 0.2) is 0 Å². The Morgan fingerprint density at radius 2 is 1.70 bits per heavy atom. The quantitative estimate of drug-likeness (QED) is 0.849. The highest BCUT2D eigenvalue weighted by molar-refractivity contribution is 5.85. The maximum Gasteiger partial charge on any atom is 0.226 e. The number of likely N-dealkylation sites (tertiary alicyclic amines) is 2. The van der Waals surface area contributed by atoms with Crippen LogP contribution in [0.3, 0.4) is 0 Å². The molecule has 2 heterocycles. The molecule has 1 saturated carbocycles. The number of hydrogen-bond donors (Lipinski definition) is 1. The Bertz CT molecular complexity index is 441. The predicted octanol–water partition coefficient (Wildman–Crippen LogP) is 1.79. The molecule has 0 bridgehead atoms. The van der Waals surface area contributed by atoms with Crippen molar-refractivity contribution in [3.05, 3.63) is 0 Å². The standard InChI is InChI=1S/C17H29N3O2.ClH/c1-13(18)11-15(21)19-9-5-17(6-10-19)12-14(17)16(22)20-7-3-2-4-8-20;/h13-14H,2-12,18H2,1H3;1H. The van der Waals surface area contributed by atoms with Crippen molar-refractivity contribution in [3.8, 4) is 0 Å². The van der Waals surface area contributed by atoms with Gasteiger partial charge in [-0.3, -0.25) is 9.59 Å². The zero-order chi connectivity index (χ0) is 15.7. The first-order valence-electron chi connectivity index (χ1n) is 8.84. The van der Waals surface area contributed by atoms with Gasteiger partial charge in [0.1, 0.15) is 0 Å². The highest BCUT2D eigenvalue weighted by atomic mass is 35.5. The van der Waals surface area contributed by atoms with Crippen LogP contribution in [-0.4, -0.2) is 53.8 Å². The number of carbonyl (C=O) groups is 2. The van der Waals surface area contributed by atoms with E-state index in [2.05, 4.69) is 4.90 Å². The van der Waals surface area contributed by atoms with Crippen molar-refractivity contribution in [2.24, 2.45) is 17.1 Å². The van der Waals surface area contributed by atoms with Crippen LogP contribution in [0.15, 0.2) is 0 Å². The van der Waals surface area contributed by atoms with Gasteiger partial charge in [0.25, 0.3) is 0 Å². The van der Waals surface area contributed by atoms with Crippen LogP contribution >= 0.6 is 12.4 Å². The first-order chi connectivity index (χ1) is 10.5. The molecule has 0 aromatic heterocycles. The van der Waals surface area contributed by atoms with Crippen LogP contribution in [0.2, 0.25) is 0 Å². The summed E-state index contributed by atoms with van der Waals surface area (Å²) in [5, 5.41) is 0. The molecular formula is C17H30ClN3O2. The number of rotatable bonds is 3. The molecule has 132 valence electrons. The molecule has 5 nitrogen and oxygen atoms in total. The van der Waals surface area contributed by atoms with Crippen molar-refractivity contribution in [3.63, 3.8) is 0 Å². The van der Waals surface area contributed by atoms with E-state index in [1.54, 1.807) is 0 Å². The topological polar surface area (TPSA) is 66.6 Å². The number of carbonyl (C=O) groups excluding carboxylic acids is 2. The summed E-state index contributed by atoms with van der Waals surface area (Å²) < 4.78 is 0. The van der Waals surface area contributed by atoms with Crippen LogP contribution in [0.1, 0.15) is 51.9 Å². The first-order valence-corrected chi connectivity index (χ1v) is 8.84. The Kier molecular flexibility index (Phi) is 5.95. The van der Waals surface area contributed by atoms with Gasteiger partial charge < -0.3 is 15.5 Å². The van der Waals surface area contributed by atoms with Crippen molar-refractivity contribution >= 4 is 24.2 Å². The lowest BCUT2D eigenvalue weighted by atomic mass is 9.90. The highest BCUT2D eigenvalue weighted by Crippen LogP contribution is 2.60. The van der Waals surface area contributed by atoms with Gasteiger partial charge in [0.05, 0.1) is 0 Å². The minimum absolute atomic E-state index is 0. The highest BCUT2D eigenvalue weighted by Gasteiger charge is 2.59. The van der Waals surface area contributed by atoms with E-state index in [0.29, 0.717) is 12.3 Å². The molecule has 2 amide bonds. The molecule has 0 radical (unpaired) electrons. The molecule has 3 aliphatic rings. The summed E-state index contributed by atoms with van der Waals surface area (Å²) in [5.41, 5.74) is 5.92. The fourth-order valence-corrected chi connectivity index (χ4v) is 4.19. The fourth-order valence-electron chi connectivity index (χ4n) is 4.19. The largest absolute Gasteiger partial charge is 0.343 e. The van der Waals surface area contributed by atoms with E-state index in [0.717, 1.165) is 58.3 Å².